The van der Waals surface area contributed by atoms with Crippen LogP contribution in [0.3, 0.4) is 0 Å². The molecule has 1 aliphatic rings. The van der Waals surface area contributed by atoms with Crippen molar-refractivity contribution in [2.45, 2.75) is 51.2 Å². The summed E-state index contributed by atoms with van der Waals surface area (Å²) in [6, 6.07) is 4.06. The number of aromatic amines is 1. The van der Waals surface area contributed by atoms with Crippen LogP contribution in [0.15, 0.2) is 35.3 Å². The summed E-state index contributed by atoms with van der Waals surface area (Å²) in [5, 5.41) is 9.73. The highest BCUT2D eigenvalue weighted by Crippen LogP contribution is 2.24. The number of urea groups is 1. The largest absolute Gasteiger partial charge is 0.472 e. The van der Waals surface area contributed by atoms with Crippen LogP contribution in [0.4, 0.5) is 4.79 Å². The van der Waals surface area contributed by atoms with Crippen LogP contribution < -0.4 is 5.32 Å². The molecule has 1 saturated carbocycles. The standard InChI is InChI=1S/C16H22N4O2/c21-16(17-10-14-6-8-18-19-14)20(11-13-7-9-22-12-13)15-4-2-1-3-5-15/h6-9,12,15H,1-5,10-11H2,(H,17,21)(H,18,19). The zero-order valence-electron chi connectivity index (χ0n) is 12.6. The lowest BCUT2D eigenvalue weighted by Gasteiger charge is -2.34. The molecule has 6 nitrogen and oxygen atoms in total. The van der Waals surface area contributed by atoms with Gasteiger partial charge in [-0.1, -0.05) is 19.3 Å². The average Bonchev–Trinajstić information content (AvgIpc) is 3.24. The van der Waals surface area contributed by atoms with Crippen LogP contribution in [0.1, 0.15) is 43.4 Å². The van der Waals surface area contributed by atoms with Crippen molar-refractivity contribution in [2.24, 2.45) is 0 Å². The quantitative estimate of drug-likeness (QED) is 0.891. The maximum atomic E-state index is 12.6. The first kappa shape index (κ1) is 14.7. The summed E-state index contributed by atoms with van der Waals surface area (Å²) >= 11 is 0. The zero-order chi connectivity index (χ0) is 15.2. The molecule has 22 heavy (non-hydrogen) atoms. The Labute approximate surface area is 129 Å². The predicted molar refractivity (Wildman–Crippen MR) is 81.9 cm³/mol. The highest BCUT2D eigenvalue weighted by Gasteiger charge is 2.25. The van der Waals surface area contributed by atoms with Gasteiger partial charge in [0.25, 0.3) is 0 Å². The minimum atomic E-state index is -0.0253. The average molecular weight is 302 g/mol. The molecule has 118 valence electrons. The van der Waals surface area contributed by atoms with Crippen LogP contribution >= 0.6 is 0 Å². The van der Waals surface area contributed by atoms with E-state index in [0.717, 1.165) is 24.1 Å². The van der Waals surface area contributed by atoms with Gasteiger partial charge < -0.3 is 14.6 Å². The van der Waals surface area contributed by atoms with Crippen molar-refractivity contribution in [2.75, 3.05) is 0 Å². The second kappa shape index (κ2) is 7.15. The van der Waals surface area contributed by atoms with E-state index >= 15 is 0 Å². The van der Waals surface area contributed by atoms with Gasteiger partial charge in [-0.3, -0.25) is 5.10 Å². The number of nitrogens with one attached hydrogen (secondary N) is 2. The number of H-pyrrole nitrogens is 1. The van der Waals surface area contributed by atoms with E-state index in [2.05, 4.69) is 15.5 Å². The van der Waals surface area contributed by atoms with Gasteiger partial charge >= 0.3 is 6.03 Å². The van der Waals surface area contributed by atoms with Gasteiger partial charge in [-0.05, 0) is 25.0 Å². The third-order valence-corrected chi connectivity index (χ3v) is 4.20. The van der Waals surface area contributed by atoms with Crippen molar-refractivity contribution in [1.82, 2.24) is 20.4 Å². The Morgan fingerprint density at radius 2 is 2.23 bits per heavy atom. The van der Waals surface area contributed by atoms with E-state index in [0.29, 0.717) is 19.1 Å². The van der Waals surface area contributed by atoms with Gasteiger partial charge in [-0.2, -0.15) is 5.10 Å². The Balaban J connectivity index is 1.64. The fraction of sp³-hybridized carbons (Fsp3) is 0.500. The molecule has 0 saturated heterocycles. The van der Waals surface area contributed by atoms with Crippen molar-refractivity contribution in [1.29, 1.82) is 0 Å². The lowest BCUT2D eigenvalue weighted by Crippen LogP contribution is -2.46. The fourth-order valence-corrected chi connectivity index (χ4v) is 2.99. The molecule has 0 spiro atoms. The number of amides is 2. The number of nitrogens with zero attached hydrogens (tertiary/aromatic N) is 2. The summed E-state index contributed by atoms with van der Waals surface area (Å²) in [5.41, 5.74) is 1.93. The van der Waals surface area contributed by atoms with Crippen molar-refractivity contribution < 1.29 is 9.21 Å². The first-order valence-electron chi connectivity index (χ1n) is 7.87. The molecule has 0 radical (unpaired) electrons. The van der Waals surface area contributed by atoms with E-state index in [-0.39, 0.29) is 6.03 Å². The lowest BCUT2D eigenvalue weighted by molar-refractivity contribution is 0.150. The molecule has 0 atom stereocenters. The summed E-state index contributed by atoms with van der Waals surface area (Å²) in [5.74, 6) is 0. The number of rotatable bonds is 5. The summed E-state index contributed by atoms with van der Waals surface area (Å²) in [7, 11) is 0. The first-order valence-corrected chi connectivity index (χ1v) is 7.87. The van der Waals surface area contributed by atoms with Crippen LogP contribution in [0, 0.1) is 0 Å². The van der Waals surface area contributed by atoms with Gasteiger partial charge in [0.05, 0.1) is 31.3 Å². The minimum absolute atomic E-state index is 0.0253. The Morgan fingerprint density at radius 1 is 1.36 bits per heavy atom. The van der Waals surface area contributed by atoms with E-state index in [1.807, 2.05) is 17.0 Å². The van der Waals surface area contributed by atoms with Crippen molar-refractivity contribution in [3.05, 3.63) is 42.1 Å². The monoisotopic (exact) mass is 302 g/mol. The van der Waals surface area contributed by atoms with Crippen LogP contribution in [0.25, 0.3) is 0 Å². The van der Waals surface area contributed by atoms with Crippen LogP contribution in [-0.4, -0.2) is 27.2 Å². The highest BCUT2D eigenvalue weighted by molar-refractivity contribution is 5.74. The Morgan fingerprint density at radius 3 is 2.91 bits per heavy atom. The molecule has 2 aromatic heterocycles. The van der Waals surface area contributed by atoms with Crippen molar-refractivity contribution >= 4 is 6.03 Å². The molecule has 2 amide bonds. The summed E-state index contributed by atoms with van der Waals surface area (Å²) in [4.78, 5) is 14.6. The number of carbonyl (C=O) groups is 1. The zero-order valence-corrected chi connectivity index (χ0v) is 12.6. The fourth-order valence-electron chi connectivity index (χ4n) is 2.99. The molecule has 2 heterocycles. The van der Waals surface area contributed by atoms with E-state index in [1.165, 1.54) is 19.3 Å². The van der Waals surface area contributed by atoms with E-state index in [9.17, 15) is 4.79 Å². The Hall–Kier alpha value is -2.24. The Bertz CT molecular complexity index is 559. The molecule has 1 aliphatic carbocycles. The van der Waals surface area contributed by atoms with Gasteiger partial charge in [0.15, 0.2) is 0 Å². The van der Waals surface area contributed by atoms with Crippen molar-refractivity contribution in [3.63, 3.8) is 0 Å². The second-order valence-corrected chi connectivity index (χ2v) is 5.79. The van der Waals surface area contributed by atoms with E-state index < -0.39 is 0 Å². The number of hydrogen-bond acceptors (Lipinski definition) is 3. The minimum Gasteiger partial charge on any atom is -0.472 e. The summed E-state index contributed by atoms with van der Waals surface area (Å²) < 4.78 is 5.13. The maximum Gasteiger partial charge on any atom is 0.318 e. The molecular formula is C16H22N4O2. The maximum absolute atomic E-state index is 12.6. The predicted octanol–water partition coefficient (Wildman–Crippen LogP) is 3.05. The topological polar surface area (TPSA) is 74.2 Å². The third kappa shape index (κ3) is 3.69. The third-order valence-electron chi connectivity index (χ3n) is 4.20. The SMILES string of the molecule is O=C(NCc1ccn[nH]1)N(Cc1ccoc1)C1CCCCC1. The number of hydrogen-bond donors (Lipinski definition) is 2. The normalized spacial score (nSPS) is 15.6. The van der Waals surface area contributed by atoms with Crippen molar-refractivity contribution in [3.8, 4) is 0 Å². The summed E-state index contributed by atoms with van der Waals surface area (Å²) in [6.45, 7) is 1.06. The number of carbonyl (C=O) groups excluding carboxylic acids is 1. The molecule has 0 unspecified atom stereocenters. The van der Waals surface area contributed by atoms with Crippen LogP contribution in [0.5, 0.6) is 0 Å². The first-order chi connectivity index (χ1) is 10.8. The van der Waals surface area contributed by atoms with Gasteiger partial charge in [0.2, 0.25) is 0 Å². The Kier molecular flexibility index (Phi) is 4.78. The smallest absolute Gasteiger partial charge is 0.318 e. The van der Waals surface area contributed by atoms with Gasteiger partial charge in [-0.25, -0.2) is 4.79 Å². The number of furan rings is 1. The van der Waals surface area contributed by atoms with E-state index in [1.54, 1.807) is 18.7 Å². The molecule has 2 aromatic rings. The molecule has 3 rings (SSSR count). The molecule has 6 heteroatoms. The molecule has 0 bridgehead atoms. The second-order valence-electron chi connectivity index (χ2n) is 5.79. The molecular weight excluding hydrogens is 280 g/mol. The molecule has 2 N–H and O–H groups in total. The van der Waals surface area contributed by atoms with Crippen LogP contribution in [0.2, 0.25) is 0 Å². The van der Waals surface area contributed by atoms with Gasteiger partial charge in [0.1, 0.15) is 0 Å². The summed E-state index contributed by atoms with van der Waals surface area (Å²) in [6.07, 6.45) is 10.9. The highest BCUT2D eigenvalue weighted by atomic mass is 16.3. The van der Waals surface area contributed by atoms with E-state index in [4.69, 9.17) is 4.42 Å². The molecule has 0 aliphatic heterocycles. The molecule has 1 fully saturated rings. The van der Waals surface area contributed by atoms with Crippen LogP contribution in [-0.2, 0) is 13.1 Å². The van der Waals surface area contributed by atoms with Gasteiger partial charge in [-0.15, -0.1) is 0 Å². The lowest BCUT2D eigenvalue weighted by atomic mass is 9.94. The van der Waals surface area contributed by atoms with Gasteiger partial charge in [0, 0.05) is 17.8 Å². The number of aromatic nitrogens is 2. The molecule has 0 aromatic carbocycles.